The number of amides is 1. The first-order chi connectivity index (χ1) is 14.7. The molecule has 1 amide bonds. The lowest BCUT2D eigenvalue weighted by atomic mass is 10.1. The zero-order chi connectivity index (χ0) is 20.8. The van der Waals surface area contributed by atoms with E-state index < -0.39 is 0 Å². The first-order valence-electron chi connectivity index (χ1n) is 9.95. The Morgan fingerprint density at radius 2 is 1.93 bits per heavy atom. The molecule has 1 aliphatic heterocycles. The average Bonchev–Trinajstić information content (AvgIpc) is 3.23. The Balaban J connectivity index is 1.47. The fourth-order valence-electron chi connectivity index (χ4n) is 3.39. The molecule has 1 aliphatic rings. The van der Waals surface area contributed by atoms with Crippen LogP contribution in [0.15, 0.2) is 79.0 Å². The summed E-state index contributed by atoms with van der Waals surface area (Å²) in [5.74, 6) is 0.667. The maximum Gasteiger partial charge on any atom is 0.227 e. The molecule has 0 spiro atoms. The van der Waals surface area contributed by atoms with Gasteiger partial charge in [0.1, 0.15) is 12.4 Å². The first kappa shape index (κ1) is 19.6. The van der Waals surface area contributed by atoms with E-state index in [2.05, 4.69) is 4.98 Å². The Hall–Kier alpha value is -3.73. The van der Waals surface area contributed by atoms with Gasteiger partial charge in [-0.15, -0.1) is 0 Å². The fraction of sp³-hybridized carbons (Fsp3) is 0.160. The average molecular weight is 398 g/mol. The van der Waals surface area contributed by atoms with E-state index in [0.29, 0.717) is 30.9 Å². The number of hydrogen-bond acceptors (Lipinski definition) is 4. The van der Waals surface area contributed by atoms with Crippen LogP contribution in [0.3, 0.4) is 0 Å². The Bertz CT molecular complexity index is 1080. The molecule has 150 valence electrons. The van der Waals surface area contributed by atoms with Gasteiger partial charge in [0.25, 0.3) is 0 Å². The summed E-state index contributed by atoms with van der Waals surface area (Å²) in [6.07, 6.45) is 6.43. The number of ether oxygens (including phenoxy) is 1. The van der Waals surface area contributed by atoms with Gasteiger partial charge in [-0.2, -0.15) is 0 Å². The lowest BCUT2D eigenvalue weighted by molar-refractivity contribution is -0.117. The van der Waals surface area contributed by atoms with E-state index in [1.54, 1.807) is 29.3 Å². The molecule has 0 aliphatic carbocycles. The SMILES string of the molecule is O=C(/C=C/c1ccccc1OCc1ccccn1)c1cccc(N2CCCC2=O)c1. The van der Waals surface area contributed by atoms with Crippen LogP contribution in [0.4, 0.5) is 5.69 Å². The van der Waals surface area contributed by atoms with Gasteiger partial charge in [0.15, 0.2) is 5.78 Å². The summed E-state index contributed by atoms with van der Waals surface area (Å²) in [6.45, 7) is 1.05. The van der Waals surface area contributed by atoms with Crippen LogP contribution in [0.25, 0.3) is 6.08 Å². The van der Waals surface area contributed by atoms with E-state index in [-0.39, 0.29) is 11.7 Å². The molecule has 2 aromatic carbocycles. The minimum Gasteiger partial charge on any atom is -0.487 e. The highest BCUT2D eigenvalue weighted by Crippen LogP contribution is 2.24. The van der Waals surface area contributed by atoms with Gasteiger partial charge in [-0.1, -0.05) is 36.4 Å². The molecule has 0 unspecified atom stereocenters. The van der Waals surface area contributed by atoms with Crippen molar-refractivity contribution in [3.63, 3.8) is 0 Å². The summed E-state index contributed by atoms with van der Waals surface area (Å²) in [4.78, 5) is 30.7. The van der Waals surface area contributed by atoms with Crippen molar-refractivity contribution in [3.05, 3.63) is 95.8 Å². The van der Waals surface area contributed by atoms with Crippen LogP contribution >= 0.6 is 0 Å². The van der Waals surface area contributed by atoms with Gasteiger partial charge in [-0.25, -0.2) is 0 Å². The van der Waals surface area contributed by atoms with Crippen molar-refractivity contribution in [2.24, 2.45) is 0 Å². The van der Waals surface area contributed by atoms with Crippen LogP contribution in [0.1, 0.15) is 34.5 Å². The highest BCUT2D eigenvalue weighted by molar-refractivity contribution is 6.08. The van der Waals surface area contributed by atoms with Gasteiger partial charge in [0.05, 0.1) is 5.69 Å². The zero-order valence-electron chi connectivity index (χ0n) is 16.5. The number of nitrogens with zero attached hydrogens (tertiary/aromatic N) is 2. The maximum atomic E-state index is 12.7. The summed E-state index contributed by atoms with van der Waals surface area (Å²) >= 11 is 0. The Kier molecular flexibility index (Phi) is 5.99. The summed E-state index contributed by atoms with van der Waals surface area (Å²) in [6, 6.07) is 20.5. The molecule has 2 heterocycles. The smallest absolute Gasteiger partial charge is 0.227 e. The standard InChI is InChI=1S/C25H22N2O3/c28-23(20-8-5-10-22(17-20)27-16-6-12-25(27)29)14-13-19-7-1-2-11-24(19)30-18-21-9-3-4-15-26-21/h1-5,7-11,13-15,17H,6,12,16,18H2/b14-13+. The number of benzene rings is 2. The molecule has 3 aromatic rings. The van der Waals surface area contributed by atoms with Gasteiger partial charge in [-0.3, -0.25) is 14.6 Å². The van der Waals surface area contributed by atoms with E-state index >= 15 is 0 Å². The van der Waals surface area contributed by atoms with Gasteiger partial charge >= 0.3 is 0 Å². The Morgan fingerprint density at radius 3 is 2.73 bits per heavy atom. The van der Waals surface area contributed by atoms with Crippen LogP contribution in [0.2, 0.25) is 0 Å². The number of carbonyl (C=O) groups excluding carboxylic acids is 2. The molecule has 5 heteroatoms. The molecule has 0 saturated carbocycles. The summed E-state index contributed by atoms with van der Waals surface area (Å²) < 4.78 is 5.89. The minimum absolute atomic E-state index is 0.106. The summed E-state index contributed by atoms with van der Waals surface area (Å²) in [7, 11) is 0. The predicted molar refractivity (Wildman–Crippen MR) is 116 cm³/mol. The molecule has 0 atom stereocenters. The van der Waals surface area contributed by atoms with Crippen molar-refractivity contribution in [2.75, 3.05) is 11.4 Å². The third kappa shape index (κ3) is 4.63. The molecule has 1 saturated heterocycles. The van der Waals surface area contributed by atoms with Gasteiger partial charge in [-0.05, 0) is 48.9 Å². The molecule has 30 heavy (non-hydrogen) atoms. The molecule has 1 fully saturated rings. The molecule has 1 aromatic heterocycles. The fourth-order valence-corrected chi connectivity index (χ4v) is 3.39. The van der Waals surface area contributed by atoms with E-state index in [1.807, 2.05) is 54.6 Å². The molecular weight excluding hydrogens is 376 g/mol. The summed E-state index contributed by atoms with van der Waals surface area (Å²) in [5, 5.41) is 0. The zero-order valence-corrected chi connectivity index (χ0v) is 16.5. The first-order valence-corrected chi connectivity index (χ1v) is 9.95. The quantitative estimate of drug-likeness (QED) is 0.428. The van der Waals surface area contributed by atoms with Crippen molar-refractivity contribution < 1.29 is 14.3 Å². The molecule has 0 bridgehead atoms. The molecule has 5 nitrogen and oxygen atoms in total. The molecule has 0 N–H and O–H groups in total. The van der Waals surface area contributed by atoms with Gasteiger partial charge in [0.2, 0.25) is 5.91 Å². The molecule has 0 radical (unpaired) electrons. The third-order valence-electron chi connectivity index (χ3n) is 4.95. The monoisotopic (exact) mass is 398 g/mol. The van der Waals surface area contributed by atoms with E-state index in [4.69, 9.17) is 4.74 Å². The van der Waals surface area contributed by atoms with Crippen molar-refractivity contribution in [1.29, 1.82) is 0 Å². The second-order valence-electron chi connectivity index (χ2n) is 7.04. The third-order valence-corrected chi connectivity index (χ3v) is 4.95. The largest absolute Gasteiger partial charge is 0.487 e. The summed E-state index contributed by atoms with van der Waals surface area (Å²) in [5.41, 5.74) is 2.97. The van der Waals surface area contributed by atoms with E-state index in [0.717, 1.165) is 23.4 Å². The van der Waals surface area contributed by atoms with Crippen LogP contribution < -0.4 is 9.64 Å². The molecular formula is C25H22N2O3. The van der Waals surface area contributed by atoms with Crippen molar-refractivity contribution in [3.8, 4) is 5.75 Å². The second-order valence-corrected chi connectivity index (χ2v) is 7.04. The number of pyridine rings is 1. The number of allylic oxidation sites excluding steroid dienone is 1. The van der Waals surface area contributed by atoms with E-state index in [9.17, 15) is 9.59 Å². The van der Waals surface area contributed by atoms with Crippen molar-refractivity contribution in [1.82, 2.24) is 4.98 Å². The number of aromatic nitrogens is 1. The number of para-hydroxylation sites is 1. The number of ketones is 1. The lowest BCUT2D eigenvalue weighted by Gasteiger charge is -2.16. The Labute approximate surface area is 175 Å². The normalized spacial score (nSPS) is 13.7. The van der Waals surface area contributed by atoms with Gasteiger partial charge in [0, 0.05) is 36.0 Å². The van der Waals surface area contributed by atoms with Crippen LogP contribution in [0, 0.1) is 0 Å². The molecule has 4 rings (SSSR count). The van der Waals surface area contributed by atoms with Crippen LogP contribution in [-0.4, -0.2) is 23.2 Å². The number of anilines is 1. The van der Waals surface area contributed by atoms with Crippen molar-refractivity contribution >= 4 is 23.5 Å². The highest BCUT2D eigenvalue weighted by Gasteiger charge is 2.22. The number of hydrogen-bond donors (Lipinski definition) is 0. The van der Waals surface area contributed by atoms with E-state index in [1.165, 1.54) is 6.08 Å². The second kappa shape index (κ2) is 9.18. The predicted octanol–water partition coefficient (Wildman–Crippen LogP) is 4.68. The van der Waals surface area contributed by atoms with Crippen molar-refractivity contribution in [2.45, 2.75) is 19.4 Å². The number of rotatable bonds is 7. The van der Waals surface area contributed by atoms with Crippen LogP contribution in [0.5, 0.6) is 5.75 Å². The highest BCUT2D eigenvalue weighted by atomic mass is 16.5. The minimum atomic E-state index is -0.122. The van der Waals surface area contributed by atoms with Crippen LogP contribution in [-0.2, 0) is 11.4 Å². The topological polar surface area (TPSA) is 59.5 Å². The number of carbonyl (C=O) groups is 2. The Morgan fingerprint density at radius 1 is 1.07 bits per heavy atom. The van der Waals surface area contributed by atoms with Gasteiger partial charge < -0.3 is 9.64 Å². The maximum absolute atomic E-state index is 12.7. The lowest BCUT2D eigenvalue weighted by Crippen LogP contribution is -2.23.